The van der Waals surface area contributed by atoms with Gasteiger partial charge in [0.2, 0.25) is 0 Å². The predicted octanol–water partition coefficient (Wildman–Crippen LogP) is 4.80. The van der Waals surface area contributed by atoms with Gasteiger partial charge < -0.3 is 14.9 Å². The van der Waals surface area contributed by atoms with E-state index < -0.39 is 18.4 Å². The van der Waals surface area contributed by atoms with Crippen LogP contribution in [-0.2, 0) is 11.2 Å². The first kappa shape index (κ1) is 14.2. The largest absolute Gasteiger partial charge is 0.507 e. The van der Waals surface area contributed by atoms with E-state index >= 15 is 0 Å². The molecule has 4 nitrogen and oxygen atoms in total. The summed E-state index contributed by atoms with van der Waals surface area (Å²) in [6.07, 6.45) is 5.12. The normalized spacial score (nSPS) is 26.2. The highest BCUT2D eigenvalue weighted by molar-refractivity contribution is 5.87. The molecule has 1 heterocycles. The van der Waals surface area contributed by atoms with Crippen LogP contribution in [0.1, 0.15) is 74.0 Å². The Labute approximate surface area is 153 Å². The minimum absolute atomic E-state index is 0.0964. The lowest BCUT2D eigenvalue weighted by molar-refractivity contribution is -0.133. The van der Waals surface area contributed by atoms with E-state index in [4.69, 9.17) is 8.85 Å². The fourth-order valence-electron chi connectivity index (χ4n) is 4.19. The highest BCUT2D eigenvalue weighted by atomic mass is 16.5. The van der Waals surface area contributed by atoms with Gasteiger partial charge in [0.25, 0.3) is 0 Å². The van der Waals surface area contributed by atoms with Crippen molar-refractivity contribution in [1.29, 1.82) is 0 Å². The Hall–Kier alpha value is -1.97. The number of carboxylic acids is 1. The van der Waals surface area contributed by atoms with E-state index in [1.54, 1.807) is 12.1 Å². The number of allylic oxidation sites excluding steroid dienone is 1. The number of carbonyl (C=O) groups is 1. The topological polar surface area (TPSA) is 66.8 Å². The van der Waals surface area contributed by atoms with Gasteiger partial charge in [-0.05, 0) is 57.2 Å². The van der Waals surface area contributed by atoms with Gasteiger partial charge in [-0.1, -0.05) is 25.8 Å². The second-order valence-corrected chi connectivity index (χ2v) is 7.61. The fraction of sp³-hybridized carbons (Fsp3) is 0.571. The Morgan fingerprint density at radius 3 is 2.92 bits per heavy atom. The van der Waals surface area contributed by atoms with Gasteiger partial charge >= 0.3 is 5.97 Å². The zero-order chi connectivity index (χ0) is 20.7. The van der Waals surface area contributed by atoms with E-state index in [1.807, 2.05) is 19.9 Å². The number of unbranched alkanes of at least 4 members (excludes halogenated alkanes) is 1. The SMILES string of the molecule is [2H]C([2H])([2H])CCCCc1cc(O)c2c(c1)OC(C)(C)C1CCC(C(=O)O)=CC21. The number of aryl methyl sites for hydroxylation is 1. The molecule has 1 aliphatic heterocycles. The average Bonchev–Trinajstić information content (AvgIpc) is 2.56. The molecule has 1 aromatic rings. The maximum absolute atomic E-state index is 11.5. The van der Waals surface area contributed by atoms with Crippen LogP contribution in [-0.4, -0.2) is 21.8 Å². The number of benzene rings is 1. The van der Waals surface area contributed by atoms with E-state index in [0.29, 0.717) is 42.6 Å². The third kappa shape index (κ3) is 3.39. The lowest BCUT2D eigenvalue weighted by Crippen LogP contribution is -2.45. The molecule has 136 valence electrons. The predicted molar refractivity (Wildman–Crippen MR) is 97.2 cm³/mol. The van der Waals surface area contributed by atoms with Crippen molar-refractivity contribution in [1.82, 2.24) is 0 Å². The minimum atomic E-state index is -1.91. The fourth-order valence-corrected chi connectivity index (χ4v) is 4.19. The molecule has 0 saturated heterocycles. The molecule has 0 fully saturated rings. The van der Waals surface area contributed by atoms with Crippen LogP contribution < -0.4 is 4.74 Å². The monoisotopic (exact) mass is 347 g/mol. The Morgan fingerprint density at radius 1 is 1.40 bits per heavy atom. The first-order valence-electron chi connectivity index (χ1n) is 10.5. The van der Waals surface area contributed by atoms with Crippen molar-refractivity contribution in [2.24, 2.45) is 5.92 Å². The van der Waals surface area contributed by atoms with Gasteiger partial charge in [-0.15, -0.1) is 0 Å². The summed E-state index contributed by atoms with van der Waals surface area (Å²) in [4.78, 5) is 11.5. The maximum atomic E-state index is 11.5. The average molecular weight is 347 g/mol. The molecule has 3 rings (SSSR count). The molecule has 2 N–H and O–H groups in total. The number of carboxylic acid groups (broad SMARTS) is 1. The molecule has 0 amide bonds. The molecule has 1 aromatic carbocycles. The van der Waals surface area contributed by atoms with Crippen LogP contribution in [0.2, 0.25) is 0 Å². The van der Waals surface area contributed by atoms with Gasteiger partial charge in [0.05, 0.1) is 0 Å². The van der Waals surface area contributed by atoms with E-state index in [0.717, 1.165) is 12.0 Å². The number of rotatable bonds is 5. The lowest BCUT2D eigenvalue weighted by Gasteiger charge is -2.46. The first-order valence-corrected chi connectivity index (χ1v) is 8.97. The summed E-state index contributed by atoms with van der Waals surface area (Å²) < 4.78 is 28.1. The summed E-state index contributed by atoms with van der Waals surface area (Å²) in [6.45, 7) is 2.11. The summed E-state index contributed by atoms with van der Waals surface area (Å²) in [7, 11) is 0. The van der Waals surface area contributed by atoms with Gasteiger partial charge in [-0.3, -0.25) is 0 Å². The molecule has 1 aliphatic carbocycles. The Morgan fingerprint density at radius 2 is 2.20 bits per heavy atom. The molecule has 2 aliphatic rings. The van der Waals surface area contributed by atoms with Crippen LogP contribution in [0.5, 0.6) is 11.5 Å². The molecule has 2 atom stereocenters. The molecule has 0 saturated carbocycles. The van der Waals surface area contributed by atoms with Crippen LogP contribution >= 0.6 is 0 Å². The molecule has 2 unspecified atom stereocenters. The van der Waals surface area contributed by atoms with E-state index in [-0.39, 0.29) is 24.0 Å². The van der Waals surface area contributed by atoms with Gasteiger partial charge in [0.15, 0.2) is 0 Å². The maximum Gasteiger partial charge on any atom is 0.331 e. The highest BCUT2D eigenvalue weighted by Gasteiger charge is 2.46. The number of hydrogen-bond donors (Lipinski definition) is 2. The Kier molecular flexibility index (Phi) is 3.83. The molecular formula is C21H28O4. The number of phenolic OH excluding ortho intramolecular Hbond substituents is 1. The first-order chi connectivity index (χ1) is 13.0. The van der Waals surface area contributed by atoms with E-state index in [9.17, 15) is 15.0 Å². The molecule has 0 aromatic heterocycles. The lowest BCUT2D eigenvalue weighted by atomic mass is 9.67. The van der Waals surface area contributed by atoms with Crippen molar-refractivity contribution in [3.8, 4) is 11.5 Å². The van der Waals surface area contributed by atoms with Crippen LogP contribution in [0.15, 0.2) is 23.8 Å². The molecule has 0 bridgehead atoms. The molecular weight excluding hydrogens is 316 g/mol. The van der Waals surface area contributed by atoms with Crippen LogP contribution in [0.25, 0.3) is 0 Å². The van der Waals surface area contributed by atoms with Gasteiger partial charge in [-0.2, -0.15) is 0 Å². The summed E-state index contributed by atoms with van der Waals surface area (Å²) in [5, 5.41) is 20.1. The minimum Gasteiger partial charge on any atom is -0.507 e. The number of hydrogen-bond acceptors (Lipinski definition) is 3. The van der Waals surface area contributed by atoms with E-state index in [2.05, 4.69) is 0 Å². The zero-order valence-corrected chi connectivity index (χ0v) is 14.8. The van der Waals surface area contributed by atoms with Gasteiger partial charge in [0, 0.05) is 27.1 Å². The number of fused-ring (bicyclic) bond motifs is 3. The summed E-state index contributed by atoms with van der Waals surface area (Å²) in [5.74, 6) is -0.284. The summed E-state index contributed by atoms with van der Waals surface area (Å²) >= 11 is 0. The number of aromatic hydroxyl groups is 1. The van der Waals surface area contributed by atoms with Gasteiger partial charge in [0.1, 0.15) is 17.1 Å². The highest BCUT2D eigenvalue weighted by Crippen LogP contribution is 2.53. The number of phenols is 1. The second kappa shape index (κ2) is 6.74. The van der Waals surface area contributed by atoms with Crippen molar-refractivity contribution in [3.05, 3.63) is 34.9 Å². The van der Waals surface area contributed by atoms with Crippen molar-refractivity contribution >= 4 is 5.97 Å². The molecule has 25 heavy (non-hydrogen) atoms. The van der Waals surface area contributed by atoms with E-state index in [1.165, 1.54) is 0 Å². The second-order valence-electron chi connectivity index (χ2n) is 7.61. The number of aliphatic carboxylic acids is 1. The zero-order valence-electron chi connectivity index (χ0n) is 17.8. The molecule has 0 spiro atoms. The summed E-state index contributed by atoms with van der Waals surface area (Å²) in [5.41, 5.74) is 1.48. The molecule has 0 radical (unpaired) electrons. The smallest absolute Gasteiger partial charge is 0.331 e. The van der Waals surface area contributed by atoms with Crippen LogP contribution in [0, 0.1) is 5.92 Å². The third-order valence-corrected chi connectivity index (χ3v) is 5.49. The number of ether oxygens (including phenoxy) is 1. The third-order valence-electron chi connectivity index (χ3n) is 5.49. The molecule has 4 heteroatoms. The van der Waals surface area contributed by atoms with Crippen LogP contribution in [0.4, 0.5) is 0 Å². The quantitative estimate of drug-likeness (QED) is 0.751. The van der Waals surface area contributed by atoms with Crippen molar-refractivity contribution < 1.29 is 23.9 Å². The van der Waals surface area contributed by atoms with Gasteiger partial charge in [-0.25, -0.2) is 4.79 Å². The van der Waals surface area contributed by atoms with Crippen LogP contribution in [0.3, 0.4) is 0 Å². The Bertz CT molecular complexity index is 796. The van der Waals surface area contributed by atoms with Crippen molar-refractivity contribution in [3.63, 3.8) is 0 Å². The standard InChI is InChI=1S/C21H28O4/c1-4-5-6-7-13-10-17(22)19-15-12-14(20(23)24)8-9-16(15)21(2,3)25-18(19)11-13/h10-12,15-16,22H,4-9H2,1-3H3,(H,23,24)/i1D3. The Balaban J connectivity index is 1.87. The summed E-state index contributed by atoms with van der Waals surface area (Å²) in [6, 6.07) is 3.61. The van der Waals surface area contributed by atoms with Crippen molar-refractivity contribution in [2.75, 3.05) is 0 Å². The van der Waals surface area contributed by atoms with Crippen molar-refractivity contribution in [2.45, 2.75) is 70.7 Å².